The Kier molecular flexibility index (Phi) is 7.05. The monoisotopic (exact) mass is 388 g/mol. The number of benzene rings is 1. The molecule has 6 nitrogen and oxygen atoms in total. The molecule has 6 heteroatoms. The number of carbonyl (C=O) groups is 1. The van der Waals surface area contributed by atoms with Crippen LogP contribution < -0.4 is 0 Å². The van der Waals surface area contributed by atoms with E-state index in [-0.39, 0.29) is 24.6 Å². The fraction of sp³-hybridized carbons (Fsp3) is 0.545. The minimum Gasteiger partial charge on any atom is -0.469 e. The second-order valence-corrected chi connectivity index (χ2v) is 7.41. The van der Waals surface area contributed by atoms with Crippen molar-refractivity contribution in [1.29, 1.82) is 0 Å². The quantitative estimate of drug-likeness (QED) is 0.597. The minimum absolute atomic E-state index is 0.116. The molecule has 2 aliphatic rings. The third-order valence-electron chi connectivity index (χ3n) is 5.12. The number of esters is 1. The number of hydrogen-bond donors (Lipinski definition) is 1. The third-order valence-corrected chi connectivity index (χ3v) is 5.12. The molecule has 0 bridgehead atoms. The van der Waals surface area contributed by atoms with Gasteiger partial charge in [0.1, 0.15) is 0 Å². The summed E-state index contributed by atoms with van der Waals surface area (Å²) in [6.07, 6.45) is 2.16. The smallest absolute Gasteiger partial charge is 0.308 e. The second-order valence-electron chi connectivity index (χ2n) is 7.41. The molecule has 2 aliphatic heterocycles. The molecule has 152 valence electrons. The molecule has 2 saturated heterocycles. The van der Waals surface area contributed by atoms with E-state index in [1.165, 1.54) is 7.11 Å². The highest BCUT2D eigenvalue weighted by molar-refractivity contribution is 5.69. The molecular weight excluding hydrogens is 360 g/mol. The van der Waals surface area contributed by atoms with Crippen LogP contribution >= 0.6 is 0 Å². The molecule has 1 spiro atoms. The molecule has 2 heterocycles. The maximum Gasteiger partial charge on any atom is 0.308 e. The molecule has 0 amide bonds. The van der Waals surface area contributed by atoms with Gasteiger partial charge in [-0.1, -0.05) is 36.9 Å². The molecule has 0 unspecified atom stereocenters. The molecule has 0 aliphatic carbocycles. The molecule has 2 fully saturated rings. The molecule has 0 saturated carbocycles. The van der Waals surface area contributed by atoms with Gasteiger partial charge < -0.3 is 24.1 Å². The fourth-order valence-corrected chi connectivity index (χ4v) is 3.96. The number of methoxy groups -OCH3 is 1. The first-order valence-corrected chi connectivity index (χ1v) is 9.64. The van der Waals surface area contributed by atoms with Crippen molar-refractivity contribution in [2.24, 2.45) is 0 Å². The van der Waals surface area contributed by atoms with E-state index in [0.717, 1.165) is 5.56 Å². The first-order chi connectivity index (χ1) is 13.5. The van der Waals surface area contributed by atoms with Crippen molar-refractivity contribution in [2.45, 2.75) is 68.9 Å². The lowest BCUT2D eigenvalue weighted by Gasteiger charge is -2.48. The van der Waals surface area contributed by atoms with E-state index >= 15 is 0 Å². The summed E-state index contributed by atoms with van der Waals surface area (Å²) in [4.78, 5) is 11.8. The molecule has 0 aromatic heterocycles. The fourth-order valence-electron chi connectivity index (χ4n) is 3.96. The maximum absolute atomic E-state index is 11.8. The lowest BCUT2D eigenvalue weighted by molar-refractivity contribution is -0.335. The number of aliphatic hydroxyl groups excluding tert-OH is 1. The van der Waals surface area contributed by atoms with Crippen LogP contribution in [0.4, 0.5) is 0 Å². The SMILES string of the molecule is C=C=C[C@H]1C[C@H](O)C[C@@]2(C[C@@H](OCc3ccccc3)C[C@@H](CC(=O)OC)O2)O1. The number of hydrogen-bond acceptors (Lipinski definition) is 6. The number of aliphatic hydroxyl groups is 1. The summed E-state index contributed by atoms with van der Waals surface area (Å²) in [6.45, 7) is 4.05. The summed E-state index contributed by atoms with van der Waals surface area (Å²) < 4.78 is 23.3. The van der Waals surface area contributed by atoms with Gasteiger partial charge in [0, 0.05) is 25.7 Å². The topological polar surface area (TPSA) is 74.2 Å². The van der Waals surface area contributed by atoms with Crippen LogP contribution in [-0.4, -0.2) is 48.4 Å². The Morgan fingerprint density at radius 2 is 2.11 bits per heavy atom. The number of ether oxygens (including phenoxy) is 4. The van der Waals surface area contributed by atoms with Gasteiger partial charge in [0.15, 0.2) is 5.79 Å². The van der Waals surface area contributed by atoms with Gasteiger partial charge in [0.2, 0.25) is 0 Å². The Balaban J connectivity index is 1.74. The van der Waals surface area contributed by atoms with Crippen molar-refractivity contribution in [1.82, 2.24) is 0 Å². The Morgan fingerprint density at radius 3 is 2.82 bits per heavy atom. The van der Waals surface area contributed by atoms with E-state index < -0.39 is 18.0 Å². The van der Waals surface area contributed by atoms with Crippen LogP contribution in [0.25, 0.3) is 0 Å². The predicted octanol–water partition coefficient (Wildman–Crippen LogP) is 2.89. The largest absolute Gasteiger partial charge is 0.469 e. The molecule has 5 atom stereocenters. The average molecular weight is 388 g/mol. The molecule has 1 aromatic rings. The van der Waals surface area contributed by atoms with Gasteiger partial charge >= 0.3 is 5.97 Å². The minimum atomic E-state index is -1.01. The van der Waals surface area contributed by atoms with Crippen LogP contribution in [0.1, 0.15) is 37.7 Å². The van der Waals surface area contributed by atoms with Crippen molar-refractivity contribution in [3.05, 3.63) is 54.3 Å². The number of rotatable bonds is 6. The highest BCUT2D eigenvalue weighted by Crippen LogP contribution is 2.41. The Labute approximate surface area is 165 Å². The summed E-state index contributed by atoms with van der Waals surface area (Å²) in [5.74, 6) is -1.35. The summed E-state index contributed by atoms with van der Waals surface area (Å²) in [7, 11) is 1.36. The van der Waals surface area contributed by atoms with Crippen molar-refractivity contribution < 1.29 is 28.8 Å². The third kappa shape index (κ3) is 5.53. The molecule has 3 rings (SSSR count). The van der Waals surface area contributed by atoms with Crippen LogP contribution in [0.3, 0.4) is 0 Å². The molecule has 28 heavy (non-hydrogen) atoms. The van der Waals surface area contributed by atoms with Gasteiger partial charge in [0.05, 0.1) is 44.6 Å². The van der Waals surface area contributed by atoms with Gasteiger partial charge in [-0.05, 0) is 11.6 Å². The van der Waals surface area contributed by atoms with Crippen molar-refractivity contribution in [3.63, 3.8) is 0 Å². The van der Waals surface area contributed by atoms with E-state index in [2.05, 4.69) is 12.3 Å². The zero-order chi connectivity index (χ0) is 20.0. The zero-order valence-electron chi connectivity index (χ0n) is 16.2. The average Bonchev–Trinajstić information content (AvgIpc) is 2.66. The predicted molar refractivity (Wildman–Crippen MR) is 102 cm³/mol. The summed E-state index contributed by atoms with van der Waals surface area (Å²) in [5.41, 5.74) is 3.79. The van der Waals surface area contributed by atoms with Crippen molar-refractivity contribution >= 4 is 5.97 Å². The Morgan fingerprint density at radius 1 is 1.32 bits per heavy atom. The Bertz CT molecular complexity index is 698. The number of carbonyl (C=O) groups excluding carboxylic acids is 1. The molecular formula is C22H28O6. The maximum atomic E-state index is 11.8. The second kappa shape index (κ2) is 9.50. The van der Waals surface area contributed by atoms with Crippen molar-refractivity contribution in [3.8, 4) is 0 Å². The van der Waals surface area contributed by atoms with Gasteiger partial charge in [-0.2, -0.15) is 0 Å². The standard InChI is InChI=1S/C22H28O6/c1-3-7-18-10-17(23)13-22(27-18)14-20(11-19(28-22)12-21(24)25-2)26-15-16-8-5-4-6-9-16/h4-9,17-20,23H,1,10-15H2,2H3/t17-,18-,19-,20-,22+/m0/s1. The molecule has 1 N–H and O–H groups in total. The van der Waals surface area contributed by atoms with Crippen LogP contribution in [0.15, 0.2) is 48.7 Å². The first-order valence-electron chi connectivity index (χ1n) is 9.64. The highest BCUT2D eigenvalue weighted by atomic mass is 16.7. The lowest BCUT2D eigenvalue weighted by Crippen LogP contribution is -2.55. The van der Waals surface area contributed by atoms with E-state index in [1.54, 1.807) is 6.08 Å². The zero-order valence-corrected chi connectivity index (χ0v) is 16.2. The van der Waals surface area contributed by atoms with Gasteiger partial charge in [-0.15, -0.1) is 5.73 Å². The normalized spacial score (nSPS) is 32.5. The van der Waals surface area contributed by atoms with Crippen LogP contribution in [0.5, 0.6) is 0 Å². The Hall–Kier alpha value is -1.95. The van der Waals surface area contributed by atoms with E-state index in [0.29, 0.717) is 32.3 Å². The molecule has 1 aromatic carbocycles. The van der Waals surface area contributed by atoms with Crippen molar-refractivity contribution in [2.75, 3.05) is 7.11 Å². The van der Waals surface area contributed by atoms with Gasteiger partial charge in [-0.3, -0.25) is 4.79 Å². The summed E-state index contributed by atoms with van der Waals surface area (Å²) in [5, 5.41) is 10.4. The first kappa shape index (κ1) is 20.8. The van der Waals surface area contributed by atoms with Gasteiger partial charge in [-0.25, -0.2) is 0 Å². The van der Waals surface area contributed by atoms with Crippen LogP contribution in [0, 0.1) is 0 Å². The van der Waals surface area contributed by atoms with Crippen LogP contribution in [-0.2, 0) is 30.3 Å². The molecule has 0 radical (unpaired) electrons. The van der Waals surface area contributed by atoms with Crippen LogP contribution in [0.2, 0.25) is 0 Å². The lowest BCUT2D eigenvalue weighted by atomic mass is 9.89. The highest BCUT2D eigenvalue weighted by Gasteiger charge is 2.48. The summed E-state index contributed by atoms with van der Waals surface area (Å²) >= 11 is 0. The van der Waals surface area contributed by atoms with Gasteiger partial charge in [0.25, 0.3) is 0 Å². The van der Waals surface area contributed by atoms with E-state index in [9.17, 15) is 9.90 Å². The van der Waals surface area contributed by atoms with E-state index in [1.807, 2.05) is 30.3 Å². The van der Waals surface area contributed by atoms with E-state index in [4.69, 9.17) is 18.9 Å². The summed E-state index contributed by atoms with van der Waals surface area (Å²) in [6, 6.07) is 9.91.